The molecule has 0 N–H and O–H groups in total. The molecule has 90 valence electrons. The number of alkyl halides is 1. The SMILES string of the molecule is CCOCCn1c(C)cc(C(=O)CCl)c1C. The molecule has 0 saturated carbocycles. The highest BCUT2D eigenvalue weighted by Crippen LogP contribution is 2.16. The predicted octanol–water partition coefficient (Wildman–Crippen LogP) is 2.56. The number of Topliss-reactive ketones (excluding diaryl/α,β-unsaturated/α-hetero) is 1. The summed E-state index contributed by atoms with van der Waals surface area (Å²) in [6, 6.07) is 1.89. The molecule has 4 heteroatoms. The number of ether oxygens (including phenoxy) is 1. The smallest absolute Gasteiger partial charge is 0.179 e. The summed E-state index contributed by atoms with van der Waals surface area (Å²) in [4.78, 5) is 11.6. The lowest BCUT2D eigenvalue weighted by Gasteiger charge is -2.09. The molecule has 0 aliphatic rings. The number of ketones is 1. The van der Waals surface area contributed by atoms with Gasteiger partial charge in [-0.15, -0.1) is 11.6 Å². The van der Waals surface area contributed by atoms with Gasteiger partial charge in [0.25, 0.3) is 0 Å². The normalized spacial score (nSPS) is 10.8. The first-order chi connectivity index (χ1) is 7.61. The first kappa shape index (κ1) is 13.3. The number of nitrogens with zero attached hydrogens (tertiary/aromatic N) is 1. The van der Waals surface area contributed by atoms with Crippen LogP contribution >= 0.6 is 11.6 Å². The minimum Gasteiger partial charge on any atom is -0.380 e. The van der Waals surface area contributed by atoms with Gasteiger partial charge < -0.3 is 9.30 Å². The van der Waals surface area contributed by atoms with Crippen LogP contribution in [0.25, 0.3) is 0 Å². The quantitative estimate of drug-likeness (QED) is 0.437. The fourth-order valence-corrected chi connectivity index (χ4v) is 1.94. The van der Waals surface area contributed by atoms with Gasteiger partial charge in [0.15, 0.2) is 5.78 Å². The maximum Gasteiger partial charge on any atom is 0.179 e. The second-order valence-corrected chi connectivity index (χ2v) is 3.96. The number of halogens is 1. The van der Waals surface area contributed by atoms with Crippen molar-refractivity contribution in [1.82, 2.24) is 4.57 Å². The van der Waals surface area contributed by atoms with Gasteiger partial charge in [-0.25, -0.2) is 0 Å². The Balaban J connectivity index is 2.85. The zero-order valence-corrected chi connectivity index (χ0v) is 10.8. The molecule has 1 rings (SSSR count). The molecule has 0 spiro atoms. The average Bonchev–Trinajstić information content (AvgIpc) is 2.56. The largest absolute Gasteiger partial charge is 0.380 e. The Morgan fingerprint density at radius 1 is 1.50 bits per heavy atom. The summed E-state index contributed by atoms with van der Waals surface area (Å²) in [6.45, 7) is 8.07. The number of carbonyl (C=O) groups is 1. The van der Waals surface area contributed by atoms with E-state index in [9.17, 15) is 4.79 Å². The highest BCUT2D eigenvalue weighted by Gasteiger charge is 2.14. The van der Waals surface area contributed by atoms with Crippen molar-refractivity contribution in [2.24, 2.45) is 0 Å². The molecule has 0 aliphatic carbocycles. The summed E-state index contributed by atoms with van der Waals surface area (Å²) >= 11 is 5.56. The third-order valence-electron chi connectivity index (χ3n) is 2.66. The van der Waals surface area contributed by atoms with Crippen LogP contribution < -0.4 is 0 Å². The topological polar surface area (TPSA) is 31.2 Å². The lowest BCUT2D eigenvalue weighted by Crippen LogP contribution is -2.10. The fraction of sp³-hybridized carbons (Fsp3) is 0.583. The van der Waals surface area contributed by atoms with E-state index in [1.54, 1.807) is 0 Å². The van der Waals surface area contributed by atoms with E-state index in [1.807, 2.05) is 26.8 Å². The van der Waals surface area contributed by atoms with Crippen molar-refractivity contribution in [2.45, 2.75) is 27.3 Å². The summed E-state index contributed by atoms with van der Waals surface area (Å²) in [5, 5.41) is 0. The van der Waals surface area contributed by atoms with Gasteiger partial charge in [0, 0.05) is 30.1 Å². The molecule has 0 fully saturated rings. The van der Waals surface area contributed by atoms with Gasteiger partial charge >= 0.3 is 0 Å². The van der Waals surface area contributed by atoms with E-state index in [0.717, 1.165) is 23.5 Å². The molecule has 0 radical (unpaired) electrons. The first-order valence-electron chi connectivity index (χ1n) is 5.45. The van der Waals surface area contributed by atoms with Gasteiger partial charge in [-0.1, -0.05) is 0 Å². The summed E-state index contributed by atoms with van der Waals surface area (Å²) in [6.07, 6.45) is 0. The number of hydrogen-bond acceptors (Lipinski definition) is 2. The van der Waals surface area contributed by atoms with Crippen molar-refractivity contribution in [2.75, 3.05) is 19.1 Å². The van der Waals surface area contributed by atoms with Crippen molar-refractivity contribution in [3.63, 3.8) is 0 Å². The summed E-state index contributed by atoms with van der Waals surface area (Å²) in [5.74, 6) is 0.0212. The Kier molecular flexibility index (Phi) is 5.03. The Bertz CT molecular complexity index is 371. The molecule has 0 saturated heterocycles. The van der Waals surface area contributed by atoms with E-state index in [2.05, 4.69) is 4.57 Å². The molecule has 1 aromatic heterocycles. The maximum atomic E-state index is 11.6. The van der Waals surface area contributed by atoms with E-state index >= 15 is 0 Å². The van der Waals surface area contributed by atoms with E-state index in [0.29, 0.717) is 13.2 Å². The molecule has 0 bridgehead atoms. The van der Waals surface area contributed by atoms with Gasteiger partial charge in [-0.05, 0) is 26.8 Å². The molecule has 1 aromatic rings. The first-order valence-corrected chi connectivity index (χ1v) is 5.98. The van der Waals surface area contributed by atoms with E-state index in [1.165, 1.54) is 0 Å². The number of carbonyl (C=O) groups excluding carboxylic acids is 1. The van der Waals surface area contributed by atoms with Crippen molar-refractivity contribution in [3.8, 4) is 0 Å². The highest BCUT2D eigenvalue weighted by atomic mass is 35.5. The van der Waals surface area contributed by atoms with Crippen LogP contribution in [0.1, 0.15) is 28.7 Å². The zero-order chi connectivity index (χ0) is 12.1. The second kappa shape index (κ2) is 6.06. The van der Waals surface area contributed by atoms with E-state index in [4.69, 9.17) is 16.3 Å². The molecule has 3 nitrogen and oxygen atoms in total. The van der Waals surface area contributed by atoms with Gasteiger partial charge in [0.1, 0.15) is 0 Å². The van der Waals surface area contributed by atoms with Gasteiger partial charge in [-0.3, -0.25) is 4.79 Å². The predicted molar refractivity (Wildman–Crippen MR) is 65.4 cm³/mol. The fourth-order valence-electron chi connectivity index (χ4n) is 1.80. The lowest BCUT2D eigenvalue weighted by molar-refractivity contribution is 0.102. The Morgan fingerprint density at radius 2 is 2.19 bits per heavy atom. The third kappa shape index (κ3) is 2.86. The van der Waals surface area contributed by atoms with Gasteiger partial charge in [0.05, 0.1) is 12.5 Å². The summed E-state index contributed by atoms with van der Waals surface area (Å²) < 4.78 is 7.40. The van der Waals surface area contributed by atoms with E-state index in [-0.39, 0.29) is 11.7 Å². The monoisotopic (exact) mass is 243 g/mol. The van der Waals surface area contributed by atoms with Gasteiger partial charge in [0.2, 0.25) is 0 Å². The second-order valence-electron chi connectivity index (χ2n) is 3.69. The Morgan fingerprint density at radius 3 is 2.75 bits per heavy atom. The summed E-state index contributed by atoms with van der Waals surface area (Å²) in [7, 11) is 0. The van der Waals surface area contributed by atoms with Crippen molar-refractivity contribution < 1.29 is 9.53 Å². The molecule has 0 unspecified atom stereocenters. The number of rotatable bonds is 6. The van der Waals surface area contributed by atoms with Crippen LogP contribution in [0.2, 0.25) is 0 Å². The van der Waals surface area contributed by atoms with Crippen LogP contribution in [0, 0.1) is 13.8 Å². The molecule has 0 aliphatic heterocycles. The van der Waals surface area contributed by atoms with Gasteiger partial charge in [-0.2, -0.15) is 0 Å². The third-order valence-corrected chi connectivity index (χ3v) is 2.90. The van der Waals surface area contributed by atoms with Crippen LogP contribution in [-0.4, -0.2) is 29.4 Å². The number of hydrogen-bond donors (Lipinski definition) is 0. The van der Waals surface area contributed by atoms with Crippen molar-refractivity contribution in [1.29, 1.82) is 0 Å². The molecule has 16 heavy (non-hydrogen) atoms. The van der Waals surface area contributed by atoms with Crippen LogP contribution in [0.5, 0.6) is 0 Å². The molecular weight excluding hydrogens is 226 g/mol. The van der Waals surface area contributed by atoms with E-state index < -0.39 is 0 Å². The molecule has 0 amide bonds. The number of aryl methyl sites for hydroxylation is 1. The van der Waals surface area contributed by atoms with Crippen LogP contribution in [0.15, 0.2) is 6.07 Å². The molecular formula is C12H18ClNO2. The Labute approximate surface area is 101 Å². The number of aromatic nitrogens is 1. The molecule has 0 aromatic carbocycles. The minimum atomic E-state index is -0.0163. The van der Waals surface area contributed by atoms with Crippen molar-refractivity contribution >= 4 is 17.4 Å². The average molecular weight is 244 g/mol. The summed E-state index contributed by atoms with van der Waals surface area (Å²) in [5.41, 5.74) is 2.78. The molecule has 0 atom stereocenters. The van der Waals surface area contributed by atoms with Crippen LogP contribution in [0.4, 0.5) is 0 Å². The standard InChI is InChI=1S/C12H18ClNO2/c1-4-16-6-5-14-9(2)7-11(10(14)3)12(15)8-13/h7H,4-6,8H2,1-3H3. The highest BCUT2D eigenvalue weighted by molar-refractivity contribution is 6.30. The minimum absolute atomic E-state index is 0.0163. The van der Waals surface area contributed by atoms with Crippen LogP contribution in [-0.2, 0) is 11.3 Å². The molecule has 1 heterocycles. The lowest BCUT2D eigenvalue weighted by atomic mass is 10.2. The van der Waals surface area contributed by atoms with Crippen LogP contribution in [0.3, 0.4) is 0 Å². The zero-order valence-electron chi connectivity index (χ0n) is 10.0. The maximum absolute atomic E-state index is 11.6. The Hall–Kier alpha value is -0.800. The van der Waals surface area contributed by atoms with Crippen molar-refractivity contribution in [3.05, 3.63) is 23.0 Å².